The molecule has 0 unspecified atom stereocenters. The average molecular weight is 374 g/mol. The van der Waals surface area contributed by atoms with Crippen molar-refractivity contribution in [2.75, 3.05) is 19.6 Å². The molecule has 2 N–H and O–H groups in total. The van der Waals surface area contributed by atoms with E-state index in [0.717, 1.165) is 31.4 Å². The summed E-state index contributed by atoms with van der Waals surface area (Å²) in [5.41, 5.74) is 8.12. The first kappa shape index (κ1) is 19.4. The van der Waals surface area contributed by atoms with Crippen LogP contribution in [-0.4, -0.2) is 46.3 Å². The van der Waals surface area contributed by atoms with Gasteiger partial charge in [0, 0.05) is 43.9 Å². The number of hydrogen-bond acceptors (Lipinski definition) is 4. The number of carbonyl (C=O) groups is 1. The fourth-order valence-corrected chi connectivity index (χ4v) is 3.22. The van der Waals surface area contributed by atoms with Gasteiger partial charge in [-0.15, -0.1) is 0 Å². The average Bonchev–Trinajstić information content (AvgIpc) is 2.67. The second kappa shape index (κ2) is 8.52. The van der Waals surface area contributed by atoms with Crippen LogP contribution in [0.1, 0.15) is 41.6 Å². The normalized spacial score (nSPS) is 17.0. The summed E-state index contributed by atoms with van der Waals surface area (Å²) in [6, 6.07) is 7.09. The Bertz CT molecular complexity index is 770. The number of primary amides is 1. The predicted octanol–water partition coefficient (Wildman–Crippen LogP) is 3.30. The molecule has 1 aliphatic rings. The van der Waals surface area contributed by atoms with E-state index in [4.69, 9.17) is 5.73 Å². The number of nitrogens with two attached hydrogens (primary N) is 1. The molecule has 0 atom stereocenters. The number of halogens is 2. The molecule has 0 radical (unpaired) electrons. The van der Waals surface area contributed by atoms with Gasteiger partial charge in [0.25, 0.3) is 5.92 Å². The zero-order valence-electron chi connectivity index (χ0n) is 15.2. The number of carbonyl (C=O) groups excluding carboxylic acids is 1. The summed E-state index contributed by atoms with van der Waals surface area (Å²) in [5, 5.41) is 0. The number of rotatable bonds is 7. The quantitative estimate of drug-likeness (QED) is 0.755. The first-order valence-corrected chi connectivity index (χ1v) is 9.24. The Morgan fingerprint density at radius 3 is 2.56 bits per heavy atom. The summed E-state index contributed by atoms with van der Waals surface area (Å²) in [6.07, 6.45) is 6.18. The molecule has 0 aromatic carbocycles. The van der Waals surface area contributed by atoms with Crippen molar-refractivity contribution in [3.8, 4) is 11.4 Å². The summed E-state index contributed by atoms with van der Waals surface area (Å²) in [5.74, 6) is -2.97. The zero-order valence-corrected chi connectivity index (χ0v) is 15.2. The van der Waals surface area contributed by atoms with Crippen molar-refractivity contribution >= 4 is 5.91 Å². The highest BCUT2D eigenvalue weighted by atomic mass is 19.3. The Morgan fingerprint density at radius 1 is 1.11 bits per heavy atom. The molecule has 2 aromatic heterocycles. The summed E-state index contributed by atoms with van der Waals surface area (Å²) >= 11 is 0. The second-order valence-electron chi connectivity index (χ2n) is 7.00. The largest absolute Gasteiger partial charge is 0.366 e. The van der Waals surface area contributed by atoms with Crippen molar-refractivity contribution < 1.29 is 13.6 Å². The third kappa shape index (κ3) is 5.53. The molecule has 2 aromatic rings. The molecule has 0 saturated carbocycles. The number of likely N-dealkylation sites (tertiary alicyclic amines) is 1. The smallest absolute Gasteiger partial charge is 0.250 e. The molecule has 1 fully saturated rings. The molecule has 27 heavy (non-hydrogen) atoms. The number of aromatic nitrogens is 2. The van der Waals surface area contributed by atoms with Gasteiger partial charge < -0.3 is 10.6 Å². The maximum atomic E-state index is 13.1. The highest BCUT2D eigenvalue weighted by Crippen LogP contribution is 2.27. The van der Waals surface area contributed by atoms with E-state index in [0.29, 0.717) is 30.0 Å². The molecule has 144 valence electrons. The Labute approximate surface area is 157 Å². The molecule has 1 saturated heterocycles. The van der Waals surface area contributed by atoms with Gasteiger partial charge >= 0.3 is 0 Å². The molecule has 0 aliphatic carbocycles. The molecule has 3 rings (SSSR count). The molecule has 0 spiro atoms. The van der Waals surface area contributed by atoms with Crippen LogP contribution < -0.4 is 5.73 Å². The van der Waals surface area contributed by atoms with Gasteiger partial charge in [0.05, 0.1) is 11.4 Å². The summed E-state index contributed by atoms with van der Waals surface area (Å²) in [7, 11) is 0. The lowest BCUT2D eigenvalue weighted by molar-refractivity contribution is -0.0551. The van der Waals surface area contributed by atoms with E-state index in [1.165, 1.54) is 0 Å². The lowest BCUT2D eigenvalue weighted by Gasteiger charge is -2.31. The monoisotopic (exact) mass is 374 g/mol. The predicted molar refractivity (Wildman–Crippen MR) is 99.5 cm³/mol. The maximum Gasteiger partial charge on any atom is 0.250 e. The van der Waals surface area contributed by atoms with Gasteiger partial charge in [-0.05, 0) is 49.6 Å². The van der Waals surface area contributed by atoms with Crippen LogP contribution in [0.2, 0.25) is 0 Å². The Kier molecular flexibility index (Phi) is 6.11. The van der Waals surface area contributed by atoms with Gasteiger partial charge in [-0.2, -0.15) is 0 Å². The Balaban J connectivity index is 1.46. The third-order valence-electron chi connectivity index (χ3n) is 4.91. The molecule has 1 amide bonds. The lowest BCUT2D eigenvalue weighted by atomic mass is 10.1. The fraction of sp³-hybridized carbons (Fsp3) is 0.450. The minimum Gasteiger partial charge on any atom is -0.366 e. The number of piperidine rings is 1. The van der Waals surface area contributed by atoms with Crippen LogP contribution in [-0.2, 0) is 6.42 Å². The molecule has 1 aliphatic heterocycles. The highest BCUT2D eigenvalue weighted by Gasteiger charge is 2.33. The zero-order chi connectivity index (χ0) is 19.3. The van der Waals surface area contributed by atoms with Gasteiger partial charge in [-0.25, -0.2) is 8.78 Å². The molecule has 5 nitrogen and oxygen atoms in total. The number of nitrogens with zero attached hydrogens (tertiary/aromatic N) is 3. The number of pyridine rings is 2. The third-order valence-corrected chi connectivity index (χ3v) is 4.91. The highest BCUT2D eigenvalue weighted by molar-refractivity contribution is 5.93. The molecule has 7 heteroatoms. The van der Waals surface area contributed by atoms with Crippen molar-refractivity contribution in [1.29, 1.82) is 0 Å². The minimum absolute atomic E-state index is 0.0244. The maximum absolute atomic E-state index is 13.1. The van der Waals surface area contributed by atoms with Crippen molar-refractivity contribution in [1.82, 2.24) is 14.9 Å². The molecular weight excluding hydrogens is 350 g/mol. The minimum atomic E-state index is -2.48. The van der Waals surface area contributed by atoms with Gasteiger partial charge in [0.1, 0.15) is 0 Å². The standard InChI is InChI=1S/C20H24F2N4O/c21-20(22)7-11-26(12-8-20)10-2-1-3-15-4-5-17(25-14-15)18-13-16(19(23)27)6-9-24-18/h4-6,9,13-14H,1-3,7-8,10-12H2,(H2,23,27). The first-order valence-electron chi connectivity index (χ1n) is 9.24. The van der Waals surface area contributed by atoms with E-state index in [-0.39, 0.29) is 12.8 Å². The first-order chi connectivity index (χ1) is 12.9. The van der Waals surface area contributed by atoms with Crippen LogP contribution in [0, 0.1) is 0 Å². The van der Waals surface area contributed by atoms with Crippen LogP contribution in [0.5, 0.6) is 0 Å². The van der Waals surface area contributed by atoms with E-state index in [9.17, 15) is 13.6 Å². The van der Waals surface area contributed by atoms with Crippen molar-refractivity contribution in [2.24, 2.45) is 5.73 Å². The van der Waals surface area contributed by atoms with E-state index < -0.39 is 11.8 Å². The van der Waals surface area contributed by atoms with Gasteiger partial charge in [0.2, 0.25) is 5.91 Å². The Morgan fingerprint density at radius 2 is 1.89 bits per heavy atom. The number of unbranched alkanes of at least 4 members (excludes halogenated alkanes) is 1. The molecular formula is C20H24F2N4O. The molecule has 0 bridgehead atoms. The Hall–Kier alpha value is -2.41. The number of hydrogen-bond donors (Lipinski definition) is 1. The summed E-state index contributed by atoms with van der Waals surface area (Å²) in [6.45, 7) is 1.84. The summed E-state index contributed by atoms with van der Waals surface area (Å²) < 4.78 is 26.3. The van der Waals surface area contributed by atoms with Gasteiger partial charge in [-0.3, -0.25) is 14.8 Å². The van der Waals surface area contributed by atoms with Gasteiger partial charge in [0.15, 0.2) is 0 Å². The van der Waals surface area contributed by atoms with E-state index in [1.807, 2.05) is 18.3 Å². The lowest BCUT2D eigenvalue weighted by Crippen LogP contribution is -2.39. The SMILES string of the molecule is NC(=O)c1ccnc(-c2ccc(CCCCN3CCC(F)(F)CC3)cn2)c1. The fourth-order valence-electron chi connectivity index (χ4n) is 3.22. The van der Waals surface area contributed by atoms with Crippen molar-refractivity contribution in [2.45, 2.75) is 38.0 Å². The van der Waals surface area contributed by atoms with Crippen LogP contribution in [0.25, 0.3) is 11.4 Å². The van der Waals surface area contributed by atoms with Crippen LogP contribution in [0.4, 0.5) is 8.78 Å². The summed E-state index contributed by atoms with van der Waals surface area (Å²) in [4.78, 5) is 22.0. The van der Waals surface area contributed by atoms with Gasteiger partial charge in [-0.1, -0.05) is 6.07 Å². The van der Waals surface area contributed by atoms with Crippen molar-refractivity contribution in [3.63, 3.8) is 0 Å². The van der Waals surface area contributed by atoms with Crippen LogP contribution in [0.3, 0.4) is 0 Å². The topological polar surface area (TPSA) is 72.1 Å². The number of amides is 1. The second-order valence-corrected chi connectivity index (χ2v) is 7.00. The van der Waals surface area contributed by atoms with E-state index in [2.05, 4.69) is 14.9 Å². The molecule has 3 heterocycles. The van der Waals surface area contributed by atoms with Crippen LogP contribution >= 0.6 is 0 Å². The number of alkyl halides is 2. The van der Waals surface area contributed by atoms with E-state index in [1.54, 1.807) is 18.3 Å². The number of aryl methyl sites for hydroxylation is 1. The van der Waals surface area contributed by atoms with Crippen LogP contribution in [0.15, 0.2) is 36.7 Å². The van der Waals surface area contributed by atoms with Crippen molar-refractivity contribution in [3.05, 3.63) is 47.8 Å². The van der Waals surface area contributed by atoms with E-state index >= 15 is 0 Å².